The molecule has 1 saturated heterocycles. The number of amides is 1. The largest absolute Gasteiger partial charge is 0.320 e. The molecule has 2 heterocycles. The van der Waals surface area contributed by atoms with Crippen LogP contribution in [0.1, 0.15) is 63.4 Å². The van der Waals surface area contributed by atoms with Crippen molar-refractivity contribution in [1.29, 1.82) is 0 Å². The van der Waals surface area contributed by atoms with Gasteiger partial charge in [0.15, 0.2) is 0 Å². The molecule has 21 heavy (non-hydrogen) atoms. The molecule has 1 aromatic rings. The van der Waals surface area contributed by atoms with Crippen LogP contribution in [-0.2, 0) is 4.79 Å². The minimum atomic E-state index is -0.263. The van der Waals surface area contributed by atoms with Gasteiger partial charge in [-0.05, 0) is 30.2 Å². The fourth-order valence-corrected chi connectivity index (χ4v) is 4.60. The van der Waals surface area contributed by atoms with Gasteiger partial charge in [-0.3, -0.25) is 10.1 Å². The molecule has 0 bridgehead atoms. The van der Waals surface area contributed by atoms with E-state index in [1.807, 2.05) is 0 Å². The van der Waals surface area contributed by atoms with Crippen molar-refractivity contribution < 1.29 is 4.79 Å². The molecule has 3 nitrogen and oxygen atoms in total. The van der Waals surface area contributed by atoms with Crippen LogP contribution in [0.3, 0.4) is 0 Å². The highest BCUT2D eigenvalue weighted by Crippen LogP contribution is 2.42. The average molecular weight is 306 g/mol. The molecule has 116 valence electrons. The SMILES string of the molecule is CCC(CC)CN1C(=O)C2(CCCC2)NC1c1cccs1. The van der Waals surface area contributed by atoms with Gasteiger partial charge < -0.3 is 4.90 Å². The second-order valence-corrected chi connectivity index (χ2v) is 7.47. The summed E-state index contributed by atoms with van der Waals surface area (Å²) in [7, 11) is 0. The molecule has 4 heteroatoms. The van der Waals surface area contributed by atoms with E-state index in [0.717, 1.165) is 32.2 Å². The van der Waals surface area contributed by atoms with E-state index < -0.39 is 0 Å². The number of nitrogens with one attached hydrogen (secondary N) is 1. The van der Waals surface area contributed by atoms with E-state index in [4.69, 9.17) is 0 Å². The fourth-order valence-electron chi connectivity index (χ4n) is 3.82. The van der Waals surface area contributed by atoms with Gasteiger partial charge in [-0.15, -0.1) is 11.3 Å². The predicted octanol–water partition coefficient (Wildman–Crippen LogP) is 3.93. The van der Waals surface area contributed by atoms with E-state index in [9.17, 15) is 4.79 Å². The lowest BCUT2D eigenvalue weighted by molar-refractivity contribution is -0.133. The first-order chi connectivity index (χ1) is 10.2. The Kier molecular flexibility index (Phi) is 4.36. The number of hydrogen-bond acceptors (Lipinski definition) is 3. The Morgan fingerprint density at radius 2 is 2.10 bits per heavy atom. The number of hydrogen-bond donors (Lipinski definition) is 1. The number of thiophene rings is 1. The summed E-state index contributed by atoms with van der Waals surface area (Å²) < 4.78 is 0. The first-order valence-electron chi connectivity index (χ1n) is 8.32. The van der Waals surface area contributed by atoms with E-state index in [1.165, 1.54) is 17.7 Å². The summed E-state index contributed by atoms with van der Waals surface area (Å²) in [5.41, 5.74) is -0.263. The topological polar surface area (TPSA) is 32.3 Å². The Hall–Kier alpha value is -0.870. The lowest BCUT2D eigenvalue weighted by Gasteiger charge is -2.27. The van der Waals surface area contributed by atoms with Crippen molar-refractivity contribution in [3.8, 4) is 0 Å². The number of carbonyl (C=O) groups is 1. The molecule has 1 unspecified atom stereocenters. The number of carbonyl (C=O) groups excluding carboxylic acids is 1. The van der Waals surface area contributed by atoms with E-state index in [-0.39, 0.29) is 11.7 Å². The van der Waals surface area contributed by atoms with Gasteiger partial charge in [0.05, 0.1) is 5.54 Å². The number of rotatable bonds is 5. The van der Waals surface area contributed by atoms with Crippen LogP contribution in [0, 0.1) is 5.92 Å². The van der Waals surface area contributed by atoms with Gasteiger partial charge >= 0.3 is 0 Å². The molecule has 1 saturated carbocycles. The van der Waals surface area contributed by atoms with Crippen LogP contribution in [-0.4, -0.2) is 22.9 Å². The lowest BCUT2D eigenvalue weighted by Crippen LogP contribution is -2.44. The van der Waals surface area contributed by atoms with Crippen LogP contribution in [0.4, 0.5) is 0 Å². The maximum absolute atomic E-state index is 13.1. The second-order valence-electron chi connectivity index (χ2n) is 6.49. The van der Waals surface area contributed by atoms with Crippen LogP contribution in [0.25, 0.3) is 0 Å². The van der Waals surface area contributed by atoms with Crippen molar-refractivity contribution in [2.45, 2.75) is 64.1 Å². The van der Waals surface area contributed by atoms with Crippen molar-refractivity contribution in [2.75, 3.05) is 6.54 Å². The molecule has 0 aromatic carbocycles. The quantitative estimate of drug-likeness (QED) is 0.894. The molecule has 3 rings (SSSR count). The summed E-state index contributed by atoms with van der Waals surface area (Å²) in [5, 5.41) is 5.82. The van der Waals surface area contributed by atoms with Crippen molar-refractivity contribution in [3.63, 3.8) is 0 Å². The molecule has 1 N–H and O–H groups in total. The summed E-state index contributed by atoms with van der Waals surface area (Å²) in [6, 6.07) is 4.24. The van der Waals surface area contributed by atoms with Crippen LogP contribution in [0.5, 0.6) is 0 Å². The molecule has 2 aliphatic rings. The van der Waals surface area contributed by atoms with Gasteiger partial charge in [0.25, 0.3) is 0 Å². The molecule has 1 aliphatic heterocycles. The summed E-state index contributed by atoms with van der Waals surface area (Å²) in [4.78, 5) is 16.5. The molecule has 1 aromatic heterocycles. The second kappa shape index (κ2) is 6.09. The molecular formula is C17H26N2OS. The summed E-state index contributed by atoms with van der Waals surface area (Å²) in [5.74, 6) is 0.958. The van der Waals surface area contributed by atoms with Gasteiger partial charge in [-0.2, -0.15) is 0 Å². The summed E-state index contributed by atoms with van der Waals surface area (Å²) in [6.07, 6.45) is 6.75. The fraction of sp³-hybridized carbons (Fsp3) is 0.706. The minimum absolute atomic E-state index is 0.0937. The van der Waals surface area contributed by atoms with E-state index in [0.29, 0.717) is 11.8 Å². The first-order valence-corrected chi connectivity index (χ1v) is 9.20. The molecule has 2 fully saturated rings. The van der Waals surface area contributed by atoms with E-state index in [1.54, 1.807) is 11.3 Å². The maximum Gasteiger partial charge on any atom is 0.244 e. The molecule has 1 amide bonds. The molecular weight excluding hydrogens is 280 g/mol. The van der Waals surface area contributed by atoms with Crippen molar-refractivity contribution in [1.82, 2.24) is 10.2 Å². The summed E-state index contributed by atoms with van der Waals surface area (Å²) >= 11 is 1.75. The molecule has 1 atom stereocenters. The summed E-state index contributed by atoms with van der Waals surface area (Å²) in [6.45, 7) is 5.35. The monoisotopic (exact) mass is 306 g/mol. The van der Waals surface area contributed by atoms with Gasteiger partial charge in [0, 0.05) is 11.4 Å². The van der Waals surface area contributed by atoms with Gasteiger partial charge in [0.1, 0.15) is 6.17 Å². The Morgan fingerprint density at radius 3 is 2.67 bits per heavy atom. The van der Waals surface area contributed by atoms with E-state index >= 15 is 0 Å². The predicted molar refractivity (Wildman–Crippen MR) is 87.2 cm³/mol. The standard InChI is InChI=1S/C17H26N2OS/c1-3-13(4-2)12-19-15(14-8-7-11-21-14)18-17(16(19)20)9-5-6-10-17/h7-8,11,13,15,18H,3-6,9-10,12H2,1-2H3. The Morgan fingerprint density at radius 1 is 1.38 bits per heavy atom. The highest BCUT2D eigenvalue weighted by molar-refractivity contribution is 7.10. The molecule has 1 spiro atoms. The Labute approximate surface area is 131 Å². The van der Waals surface area contributed by atoms with Crippen LogP contribution in [0.2, 0.25) is 0 Å². The van der Waals surface area contributed by atoms with Crippen molar-refractivity contribution in [3.05, 3.63) is 22.4 Å². The van der Waals surface area contributed by atoms with Gasteiger partial charge in [0.2, 0.25) is 5.91 Å². The normalized spacial score (nSPS) is 24.6. The third kappa shape index (κ3) is 2.64. The highest BCUT2D eigenvalue weighted by Gasteiger charge is 2.52. The third-order valence-corrected chi connectivity index (χ3v) is 6.20. The van der Waals surface area contributed by atoms with Crippen LogP contribution in [0.15, 0.2) is 17.5 Å². The van der Waals surface area contributed by atoms with Gasteiger partial charge in [-0.25, -0.2) is 0 Å². The van der Waals surface area contributed by atoms with Crippen LogP contribution >= 0.6 is 11.3 Å². The highest BCUT2D eigenvalue weighted by atomic mass is 32.1. The Balaban J connectivity index is 1.87. The lowest BCUT2D eigenvalue weighted by atomic mass is 9.97. The zero-order valence-electron chi connectivity index (χ0n) is 13.1. The zero-order chi connectivity index (χ0) is 14.9. The average Bonchev–Trinajstić information content (AvgIpc) is 3.22. The molecule has 1 aliphatic carbocycles. The number of nitrogens with zero attached hydrogens (tertiary/aromatic N) is 1. The Bertz CT molecular complexity index is 475. The van der Waals surface area contributed by atoms with Crippen molar-refractivity contribution >= 4 is 17.2 Å². The van der Waals surface area contributed by atoms with Crippen molar-refractivity contribution in [2.24, 2.45) is 5.92 Å². The smallest absolute Gasteiger partial charge is 0.244 e. The maximum atomic E-state index is 13.1. The van der Waals surface area contributed by atoms with E-state index in [2.05, 4.69) is 41.6 Å². The minimum Gasteiger partial charge on any atom is -0.320 e. The van der Waals surface area contributed by atoms with Crippen LogP contribution < -0.4 is 5.32 Å². The zero-order valence-corrected chi connectivity index (χ0v) is 13.9. The molecule has 0 radical (unpaired) electrons. The first kappa shape index (κ1) is 15.0. The third-order valence-electron chi connectivity index (χ3n) is 5.27. The van der Waals surface area contributed by atoms with Gasteiger partial charge in [-0.1, -0.05) is 45.6 Å².